The van der Waals surface area contributed by atoms with Gasteiger partial charge in [-0.1, -0.05) is 0 Å². The fraction of sp³-hybridized carbons (Fsp3) is 0.538. The number of fused-ring (bicyclic) bond motifs is 2. The predicted molar refractivity (Wildman–Crippen MR) is 69.6 cm³/mol. The largest absolute Gasteiger partial charge is 0.501 e. The van der Waals surface area contributed by atoms with E-state index in [0.717, 1.165) is 31.4 Å². The maximum absolute atomic E-state index is 12.4. The molecule has 0 saturated carbocycles. The number of anilines is 1. The Morgan fingerprint density at radius 3 is 2.29 bits per heavy atom. The smallest absolute Gasteiger partial charge is 0.380 e. The molecule has 2 saturated heterocycles. The third kappa shape index (κ3) is 2.62. The first kappa shape index (κ1) is 14.6. The van der Waals surface area contributed by atoms with Gasteiger partial charge in [-0.2, -0.15) is 13.2 Å². The van der Waals surface area contributed by atoms with Crippen molar-refractivity contribution in [1.82, 2.24) is 0 Å². The van der Waals surface area contributed by atoms with Crippen LogP contribution in [0.25, 0.3) is 0 Å². The van der Waals surface area contributed by atoms with E-state index in [1.807, 2.05) is 0 Å². The highest BCUT2D eigenvalue weighted by Crippen LogP contribution is 2.36. The van der Waals surface area contributed by atoms with Gasteiger partial charge in [0.2, 0.25) is 0 Å². The van der Waals surface area contributed by atoms with Crippen molar-refractivity contribution in [3.63, 3.8) is 0 Å². The Hall–Kier alpha value is -1.28. The van der Waals surface area contributed by atoms with E-state index >= 15 is 0 Å². The second-order valence-electron chi connectivity index (χ2n) is 5.33. The van der Waals surface area contributed by atoms with E-state index in [4.69, 9.17) is 4.74 Å². The number of rotatable bonds is 3. The van der Waals surface area contributed by atoms with Crippen LogP contribution in [0, 0.1) is 0 Å². The van der Waals surface area contributed by atoms with Crippen molar-refractivity contribution < 1.29 is 26.3 Å². The number of ether oxygens (including phenoxy) is 1. The van der Waals surface area contributed by atoms with Gasteiger partial charge in [0.15, 0.2) is 0 Å². The first-order valence-corrected chi connectivity index (χ1v) is 8.09. The van der Waals surface area contributed by atoms with E-state index in [-0.39, 0.29) is 18.2 Å². The molecule has 0 aliphatic carbocycles. The van der Waals surface area contributed by atoms with Gasteiger partial charge in [0.05, 0.1) is 23.1 Å². The van der Waals surface area contributed by atoms with Crippen LogP contribution < -0.4 is 5.32 Å². The summed E-state index contributed by atoms with van der Waals surface area (Å²) < 4.78 is 65.5. The lowest BCUT2D eigenvalue weighted by molar-refractivity contribution is -0.0436. The van der Waals surface area contributed by atoms with Gasteiger partial charge in [-0.15, -0.1) is 0 Å². The Kier molecular flexibility index (Phi) is 3.40. The second-order valence-corrected chi connectivity index (χ2v) is 7.28. The SMILES string of the molecule is O=S(=O)(c1ccc(NC2CC3CCC2O3)cc1)C(F)(F)F. The summed E-state index contributed by atoms with van der Waals surface area (Å²) in [5.74, 6) is 0. The Balaban J connectivity index is 1.73. The van der Waals surface area contributed by atoms with Crippen LogP contribution in [-0.4, -0.2) is 32.2 Å². The number of halogens is 3. The lowest BCUT2D eigenvalue weighted by Gasteiger charge is -2.21. The molecule has 2 heterocycles. The van der Waals surface area contributed by atoms with Crippen LogP contribution in [0.5, 0.6) is 0 Å². The van der Waals surface area contributed by atoms with Crippen LogP contribution in [0.4, 0.5) is 18.9 Å². The minimum atomic E-state index is -5.28. The van der Waals surface area contributed by atoms with E-state index in [2.05, 4.69) is 5.32 Å². The van der Waals surface area contributed by atoms with Crippen molar-refractivity contribution in [1.29, 1.82) is 0 Å². The Bertz CT molecular complexity index is 627. The molecule has 8 heteroatoms. The maximum Gasteiger partial charge on any atom is 0.501 e. The first-order chi connectivity index (χ1) is 9.77. The summed E-state index contributed by atoms with van der Waals surface area (Å²) >= 11 is 0. The topological polar surface area (TPSA) is 55.4 Å². The quantitative estimate of drug-likeness (QED) is 0.930. The molecule has 2 aliphatic rings. The molecule has 0 amide bonds. The summed E-state index contributed by atoms with van der Waals surface area (Å²) in [6.07, 6.45) is 3.29. The van der Waals surface area contributed by atoms with Crippen molar-refractivity contribution in [3.8, 4) is 0 Å². The van der Waals surface area contributed by atoms with Gasteiger partial charge < -0.3 is 10.1 Å². The molecule has 1 aromatic carbocycles. The molecule has 4 nitrogen and oxygen atoms in total. The van der Waals surface area contributed by atoms with Gasteiger partial charge in [-0.05, 0) is 43.5 Å². The summed E-state index contributed by atoms with van der Waals surface area (Å²) in [5.41, 5.74) is -4.68. The third-order valence-electron chi connectivity index (χ3n) is 3.93. The highest BCUT2D eigenvalue weighted by atomic mass is 32.2. The lowest BCUT2D eigenvalue weighted by Crippen LogP contribution is -2.30. The standard InChI is InChI=1S/C13H14F3NO3S/c14-13(15,16)21(18,19)10-4-1-8(2-5-10)17-11-7-9-3-6-12(11)20-9/h1-2,4-5,9,11-12,17H,3,6-7H2. The maximum atomic E-state index is 12.4. The van der Waals surface area contributed by atoms with E-state index in [0.29, 0.717) is 5.69 Å². The van der Waals surface area contributed by atoms with Crippen molar-refractivity contribution in [2.45, 2.75) is 47.9 Å². The number of nitrogens with one attached hydrogen (secondary N) is 1. The molecule has 1 N–H and O–H groups in total. The monoisotopic (exact) mass is 321 g/mol. The molecule has 2 bridgehead atoms. The van der Waals surface area contributed by atoms with Gasteiger partial charge in [0.1, 0.15) is 0 Å². The van der Waals surface area contributed by atoms with Crippen molar-refractivity contribution in [2.24, 2.45) is 0 Å². The molecule has 116 valence electrons. The molecule has 1 aromatic rings. The fourth-order valence-corrected chi connectivity index (χ4v) is 3.63. The summed E-state index contributed by atoms with van der Waals surface area (Å²) in [4.78, 5) is -0.746. The van der Waals surface area contributed by atoms with Crippen molar-refractivity contribution in [3.05, 3.63) is 24.3 Å². The molecule has 21 heavy (non-hydrogen) atoms. The number of alkyl halides is 3. The molecule has 3 rings (SSSR count). The summed E-state index contributed by atoms with van der Waals surface area (Å²) in [5, 5.41) is 3.19. The summed E-state index contributed by atoms with van der Waals surface area (Å²) in [7, 11) is -5.28. The predicted octanol–water partition coefficient (Wildman–Crippen LogP) is 2.71. The van der Waals surface area contributed by atoms with E-state index in [9.17, 15) is 21.6 Å². The van der Waals surface area contributed by atoms with Crippen molar-refractivity contribution >= 4 is 15.5 Å². The first-order valence-electron chi connectivity index (χ1n) is 6.61. The average molecular weight is 321 g/mol. The molecular weight excluding hydrogens is 307 g/mol. The fourth-order valence-electron chi connectivity index (χ4n) is 2.87. The Morgan fingerprint density at radius 2 is 1.81 bits per heavy atom. The van der Waals surface area contributed by atoms with Crippen molar-refractivity contribution in [2.75, 3.05) is 5.32 Å². The van der Waals surface area contributed by atoms with Gasteiger partial charge in [-0.3, -0.25) is 0 Å². The zero-order valence-corrected chi connectivity index (χ0v) is 11.7. The zero-order valence-electron chi connectivity index (χ0n) is 10.9. The van der Waals surface area contributed by atoms with Crippen LogP contribution in [0.3, 0.4) is 0 Å². The third-order valence-corrected chi connectivity index (χ3v) is 5.43. The van der Waals surface area contributed by atoms with Gasteiger partial charge in [-0.25, -0.2) is 8.42 Å². The van der Waals surface area contributed by atoms with Gasteiger partial charge >= 0.3 is 5.51 Å². The molecule has 0 spiro atoms. The molecule has 3 unspecified atom stereocenters. The molecule has 0 radical (unpaired) electrons. The summed E-state index contributed by atoms with van der Waals surface area (Å²) in [6, 6.07) is 4.78. The van der Waals surface area contributed by atoms with E-state index in [1.54, 1.807) is 0 Å². The van der Waals surface area contributed by atoms with Crippen LogP contribution >= 0.6 is 0 Å². The zero-order chi connectivity index (χ0) is 15.3. The van der Waals surface area contributed by atoms with Crippen LogP contribution in [0.2, 0.25) is 0 Å². The Morgan fingerprint density at radius 1 is 1.14 bits per heavy atom. The molecule has 3 atom stereocenters. The van der Waals surface area contributed by atoms with Crippen LogP contribution in [0.1, 0.15) is 19.3 Å². The number of benzene rings is 1. The minimum Gasteiger partial charge on any atom is -0.380 e. The average Bonchev–Trinajstić information content (AvgIpc) is 3.00. The van der Waals surface area contributed by atoms with Crippen LogP contribution in [-0.2, 0) is 14.6 Å². The second kappa shape index (κ2) is 4.88. The Labute approximate surface area is 120 Å². The van der Waals surface area contributed by atoms with E-state index in [1.165, 1.54) is 12.1 Å². The van der Waals surface area contributed by atoms with Crippen LogP contribution in [0.15, 0.2) is 29.2 Å². The molecule has 2 aliphatic heterocycles. The number of sulfone groups is 1. The minimum absolute atomic E-state index is 0.133. The van der Waals surface area contributed by atoms with Gasteiger partial charge in [0, 0.05) is 5.69 Å². The highest BCUT2D eigenvalue weighted by Gasteiger charge is 2.46. The highest BCUT2D eigenvalue weighted by molar-refractivity contribution is 7.92. The number of hydrogen-bond acceptors (Lipinski definition) is 4. The molecule has 2 fully saturated rings. The van der Waals surface area contributed by atoms with Gasteiger partial charge in [0.25, 0.3) is 9.84 Å². The number of hydrogen-bond donors (Lipinski definition) is 1. The molecular formula is C13H14F3NO3S. The summed E-state index contributed by atoms with van der Waals surface area (Å²) in [6.45, 7) is 0. The van der Waals surface area contributed by atoms with E-state index < -0.39 is 20.2 Å². The normalized spacial score (nSPS) is 28.8. The lowest BCUT2D eigenvalue weighted by atomic mass is 9.95. The molecule has 0 aromatic heterocycles.